The van der Waals surface area contributed by atoms with Gasteiger partial charge in [-0.3, -0.25) is 14.5 Å². The number of carbonyl (C=O) groups excluding carboxylic acids is 2. The molecular weight excluding hydrogens is 796 g/mol. The number of carbonyl (C=O) groups is 3. The number of hydrogen-bond donors (Lipinski definition) is 3. The molecular formula is C50H55FN8O4. The van der Waals surface area contributed by atoms with E-state index in [1.807, 2.05) is 53.6 Å². The summed E-state index contributed by atoms with van der Waals surface area (Å²) in [5.41, 5.74) is 7.20. The summed E-state index contributed by atoms with van der Waals surface area (Å²) in [6.07, 6.45) is 5.81. The zero-order chi connectivity index (χ0) is 44.0. The van der Waals surface area contributed by atoms with Crippen molar-refractivity contribution in [1.29, 1.82) is 0 Å². The predicted octanol–water partition coefficient (Wildman–Crippen LogP) is 9.29. The third-order valence-corrected chi connectivity index (χ3v) is 12.9. The van der Waals surface area contributed by atoms with E-state index in [0.29, 0.717) is 24.5 Å². The summed E-state index contributed by atoms with van der Waals surface area (Å²) >= 11 is 0. The highest BCUT2D eigenvalue weighted by molar-refractivity contribution is 5.84. The number of amides is 3. The molecule has 326 valence electrons. The van der Waals surface area contributed by atoms with Crippen LogP contribution in [-0.4, -0.2) is 102 Å². The molecule has 2 aromatic heterocycles. The lowest BCUT2D eigenvalue weighted by Crippen LogP contribution is -2.43. The second-order valence-electron chi connectivity index (χ2n) is 16.5. The third-order valence-electron chi connectivity index (χ3n) is 12.9. The zero-order valence-electron chi connectivity index (χ0n) is 36.1. The fourth-order valence-corrected chi connectivity index (χ4v) is 9.28. The topological polar surface area (TPSA) is 142 Å². The Morgan fingerprint density at radius 1 is 0.730 bits per heavy atom. The van der Waals surface area contributed by atoms with E-state index in [2.05, 4.69) is 70.1 Å². The lowest BCUT2D eigenvalue weighted by atomic mass is 10.0. The van der Waals surface area contributed by atoms with Crippen LogP contribution in [0.2, 0.25) is 0 Å². The Labute approximate surface area is 367 Å². The minimum atomic E-state index is -1.17. The van der Waals surface area contributed by atoms with Gasteiger partial charge in [0, 0.05) is 32.6 Å². The van der Waals surface area contributed by atoms with Crippen molar-refractivity contribution in [2.45, 2.75) is 76.5 Å². The number of imidazole rings is 2. The molecule has 4 atom stereocenters. The fourth-order valence-electron chi connectivity index (χ4n) is 9.28. The van der Waals surface area contributed by atoms with Crippen molar-refractivity contribution in [3.8, 4) is 33.6 Å². The van der Waals surface area contributed by atoms with Gasteiger partial charge in [-0.25, -0.2) is 19.2 Å². The minimum Gasteiger partial charge on any atom is -0.465 e. The van der Waals surface area contributed by atoms with Gasteiger partial charge in [0.05, 0.1) is 35.9 Å². The van der Waals surface area contributed by atoms with Crippen molar-refractivity contribution in [2.24, 2.45) is 0 Å². The van der Waals surface area contributed by atoms with Gasteiger partial charge < -0.3 is 29.8 Å². The highest BCUT2D eigenvalue weighted by Gasteiger charge is 2.38. The lowest BCUT2D eigenvalue weighted by Gasteiger charge is -2.34. The highest BCUT2D eigenvalue weighted by Crippen LogP contribution is 2.37. The average molecular weight is 851 g/mol. The van der Waals surface area contributed by atoms with Crippen molar-refractivity contribution >= 4 is 17.9 Å². The number of aromatic nitrogens is 4. The number of rotatable bonds is 15. The number of nitrogens with one attached hydrogen (secondary N) is 2. The molecule has 0 unspecified atom stereocenters. The summed E-state index contributed by atoms with van der Waals surface area (Å²) < 4.78 is 14.5. The number of likely N-dealkylation sites (N-methyl/N-ethyl adjacent to an activating group) is 2. The molecule has 2 aliphatic heterocycles. The summed E-state index contributed by atoms with van der Waals surface area (Å²) in [7, 11) is 1.42. The SMILES string of the molecule is CCN(CC)[C@@H](C(=O)N1CCC[C@H]1c1ncc(-c2ccc(-c3ccc(-c4cnc([C@@H]5CCCN5C(=O)C[C@@H](Cc5ccccc5F)N(C)C(=O)O)[nH]4)cc3)cc2)[nH]1)c1ccccc1. The molecule has 12 nitrogen and oxygen atoms in total. The summed E-state index contributed by atoms with van der Waals surface area (Å²) in [6.45, 7) is 7.00. The molecule has 63 heavy (non-hydrogen) atoms. The van der Waals surface area contributed by atoms with Gasteiger partial charge >= 0.3 is 6.09 Å². The van der Waals surface area contributed by atoms with Gasteiger partial charge in [-0.2, -0.15) is 0 Å². The second-order valence-corrected chi connectivity index (χ2v) is 16.5. The molecule has 0 aliphatic carbocycles. The molecule has 2 fully saturated rings. The number of likely N-dealkylation sites (tertiary alicyclic amines) is 2. The second kappa shape index (κ2) is 19.2. The molecule has 0 saturated carbocycles. The standard InChI is InChI=1S/C50H55FN8O4/c1-4-57(5-2)46(37-13-7-6-8-14-37)49(61)59-28-12-18-44(59)48-53-32-42(55-48)36-25-21-34(22-26-36)33-19-23-35(24-20-33)41-31-52-47(54-41)43-17-11-27-58(43)45(60)30-39(56(3)50(62)63)29-38-15-9-10-16-40(38)51/h6-10,13-16,19-26,31-32,39,43-44,46H,4-5,11-12,17-18,27-30H2,1-3H3,(H,52,54)(H,53,55)(H,62,63)/t39-,43+,44+,46-/m1/s1. The predicted molar refractivity (Wildman–Crippen MR) is 241 cm³/mol. The molecule has 13 heteroatoms. The van der Waals surface area contributed by atoms with Crippen LogP contribution in [0.15, 0.2) is 116 Å². The van der Waals surface area contributed by atoms with Crippen molar-refractivity contribution in [2.75, 3.05) is 33.2 Å². The molecule has 0 radical (unpaired) electrons. The maximum absolute atomic E-state index is 14.5. The minimum absolute atomic E-state index is 0.0682. The Hall–Kier alpha value is -6.60. The van der Waals surface area contributed by atoms with Crippen molar-refractivity contribution in [1.82, 2.24) is 39.5 Å². The quantitative estimate of drug-likeness (QED) is 0.0936. The number of halogens is 1. The molecule has 0 bridgehead atoms. The third kappa shape index (κ3) is 9.29. The van der Waals surface area contributed by atoms with E-state index < -0.39 is 18.0 Å². The van der Waals surface area contributed by atoms with Gasteiger partial charge in [0.15, 0.2) is 0 Å². The molecule has 8 rings (SSSR count). The van der Waals surface area contributed by atoms with E-state index in [1.165, 1.54) is 13.1 Å². The Morgan fingerprint density at radius 3 is 1.78 bits per heavy atom. The van der Waals surface area contributed by atoms with E-state index in [0.717, 1.165) is 88.7 Å². The first kappa shape index (κ1) is 43.1. The van der Waals surface area contributed by atoms with Gasteiger partial charge in [-0.1, -0.05) is 111 Å². The van der Waals surface area contributed by atoms with Crippen LogP contribution in [0.5, 0.6) is 0 Å². The maximum atomic E-state index is 14.5. The molecule has 6 aromatic rings. The van der Waals surface area contributed by atoms with Gasteiger partial charge in [-0.05, 0) is 84.6 Å². The Kier molecular flexibility index (Phi) is 13.1. The van der Waals surface area contributed by atoms with Gasteiger partial charge in [-0.15, -0.1) is 0 Å². The maximum Gasteiger partial charge on any atom is 0.407 e. The normalized spacial score (nSPS) is 17.3. The van der Waals surface area contributed by atoms with Gasteiger partial charge in [0.1, 0.15) is 23.5 Å². The molecule has 0 spiro atoms. The molecule has 2 aliphatic rings. The van der Waals surface area contributed by atoms with E-state index in [-0.39, 0.29) is 42.8 Å². The molecule has 3 N–H and O–H groups in total. The number of H-pyrrole nitrogens is 2. The van der Waals surface area contributed by atoms with Crippen LogP contribution in [-0.2, 0) is 16.0 Å². The number of carboxylic acid groups (broad SMARTS) is 1. The number of aromatic amines is 2. The average Bonchev–Trinajstić information content (AvgIpc) is 4.16. The largest absolute Gasteiger partial charge is 0.465 e. The van der Waals surface area contributed by atoms with Gasteiger partial charge in [0.2, 0.25) is 11.8 Å². The van der Waals surface area contributed by atoms with E-state index in [4.69, 9.17) is 4.98 Å². The number of hydrogen-bond acceptors (Lipinski definition) is 6. The van der Waals surface area contributed by atoms with Crippen molar-refractivity contribution in [3.05, 3.63) is 144 Å². The Morgan fingerprint density at radius 2 is 1.24 bits per heavy atom. The van der Waals surface area contributed by atoms with Crippen LogP contribution in [0, 0.1) is 5.82 Å². The summed E-state index contributed by atoms with van der Waals surface area (Å²) in [4.78, 5) is 63.5. The van der Waals surface area contributed by atoms with Crippen LogP contribution in [0.25, 0.3) is 33.6 Å². The van der Waals surface area contributed by atoms with Gasteiger partial charge in [0.25, 0.3) is 0 Å². The van der Waals surface area contributed by atoms with Crippen molar-refractivity contribution in [3.63, 3.8) is 0 Å². The summed E-state index contributed by atoms with van der Waals surface area (Å²) in [6, 6.07) is 31.5. The van der Waals surface area contributed by atoms with Crippen molar-refractivity contribution < 1.29 is 23.9 Å². The highest BCUT2D eigenvalue weighted by atomic mass is 19.1. The first-order valence-corrected chi connectivity index (χ1v) is 22.0. The monoisotopic (exact) mass is 850 g/mol. The molecule has 4 aromatic carbocycles. The first-order chi connectivity index (χ1) is 30.6. The fraction of sp³-hybridized carbons (Fsp3) is 0.340. The van der Waals surface area contributed by atoms with E-state index in [1.54, 1.807) is 29.3 Å². The summed E-state index contributed by atoms with van der Waals surface area (Å²) in [5, 5.41) is 9.74. The lowest BCUT2D eigenvalue weighted by molar-refractivity contribution is -0.138. The molecule has 3 amide bonds. The zero-order valence-corrected chi connectivity index (χ0v) is 36.1. The van der Waals surface area contributed by atoms with Crippen LogP contribution in [0.4, 0.5) is 9.18 Å². The number of benzene rings is 4. The van der Waals surface area contributed by atoms with Crippen LogP contribution in [0.3, 0.4) is 0 Å². The van der Waals surface area contributed by atoms with E-state index >= 15 is 0 Å². The Bertz CT molecular complexity index is 2500. The van der Waals surface area contributed by atoms with Crippen LogP contribution >= 0.6 is 0 Å². The summed E-state index contributed by atoms with van der Waals surface area (Å²) in [5.74, 6) is 0.994. The smallest absolute Gasteiger partial charge is 0.407 e. The van der Waals surface area contributed by atoms with Crippen LogP contribution in [0.1, 0.15) is 86.9 Å². The van der Waals surface area contributed by atoms with Crippen LogP contribution < -0.4 is 0 Å². The van der Waals surface area contributed by atoms with E-state index in [9.17, 15) is 23.9 Å². The first-order valence-electron chi connectivity index (χ1n) is 22.0. The molecule has 2 saturated heterocycles. The molecule has 4 heterocycles. The number of nitrogens with zero attached hydrogens (tertiary/aromatic N) is 6. The Balaban J connectivity index is 0.912.